The highest BCUT2D eigenvalue weighted by Gasteiger charge is 2.35. The zero-order chi connectivity index (χ0) is 20.1. The smallest absolute Gasteiger partial charge is 0.227 e. The molecule has 7 nitrogen and oxygen atoms in total. The number of ether oxygens (including phenoxy) is 1. The highest BCUT2D eigenvalue weighted by Crippen LogP contribution is 2.26. The SMILES string of the molecule is COc1ccccc1CNC(=O)C1CC(=O)N(c2ccc(NC(C)=O)cc2)C1. The molecule has 1 unspecified atom stereocenters. The molecule has 1 aliphatic rings. The number of para-hydroxylation sites is 1. The summed E-state index contributed by atoms with van der Waals surface area (Å²) < 4.78 is 5.29. The molecule has 28 heavy (non-hydrogen) atoms. The molecule has 7 heteroatoms. The minimum absolute atomic E-state index is 0.0929. The number of nitrogens with one attached hydrogen (secondary N) is 2. The first kappa shape index (κ1) is 19.4. The molecule has 1 fully saturated rings. The van der Waals surface area contributed by atoms with E-state index in [1.54, 1.807) is 36.3 Å². The van der Waals surface area contributed by atoms with E-state index in [0.29, 0.717) is 30.2 Å². The van der Waals surface area contributed by atoms with Crippen LogP contribution >= 0.6 is 0 Å². The molecule has 0 radical (unpaired) electrons. The first-order valence-corrected chi connectivity index (χ1v) is 9.05. The number of carbonyl (C=O) groups excluding carboxylic acids is 3. The number of amides is 3. The number of anilines is 2. The third-order valence-electron chi connectivity index (χ3n) is 4.64. The summed E-state index contributed by atoms with van der Waals surface area (Å²) >= 11 is 0. The number of rotatable bonds is 6. The summed E-state index contributed by atoms with van der Waals surface area (Å²) in [6.45, 7) is 2.11. The second-order valence-corrected chi connectivity index (χ2v) is 6.66. The van der Waals surface area contributed by atoms with Gasteiger partial charge in [0.15, 0.2) is 0 Å². The van der Waals surface area contributed by atoms with E-state index in [1.165, 1.54) is 6.92 Å². The summed E-state index contributed by atoms with van der Waals surface area (Å²) in [5.41, 5.74) is 2.25. The molecular weight excluding hydrogens is 358 g/mol. The van der Waals surface area contributed by atoms with Gasteiger partial charge in [-0.15, -0.1) is 0 Å². The number of nitrogens with zero attached hydrogens (tertiary/aromatic N) is 1. The molecule has 0 bridgehead atoms. The fourth-order valence-electron chi connectivity index (χ4n) is 3.24. The van der Waals surface area contributed by atoms with Crippen LogP contribution in [-0.2, 0) is 20.9 Å². The predicted octanol–water partition coefficient (Wildman–Crippen LogP) is 2.32. The molecule has 1 saturated heterocycles. The molecule has 3 rings (SSSR count). The molecule has 2 aromatic carbocycles. The molecule has 1 atom stereocenters. The molecule has 2 N–H and O–H groups in total. The Morgan fingerprint density at radius 3 is 2.54 bits per heavy atom. The van der Waals surface area contributed by atoms with Crippen molar-refractivity contribution >= 4 is 29.1 Å². The van der Waals surface area contributed by atoms with E-state index in [9.17, 15) is 14.4 Å². The van der Waals surface area contributed by atoms with E-state index in [1.807, 2.05) is 24.3 Å². The average Bonchev–Trinajstić information content (AvgIpc) is 3.08. The Labute approximate surface area is 163 Å². The van der Waals surface area contributed by atoms with E-state index in [2.05, 4.69) is 10.6 Å². The molecule has 3 amide bonds. The number of benzene rings is 2. The lowest BCUT2D eigenvalue weighted by Gasteiger charge is -2.17. The Kier molecular flexibility index (Phi) is 5.93. The van der Waals surface area contributed by atoms with Gasteiger partial charge in [-0.2, -0.15) is 0 Å². The quantitative estimate of drug-likeness (QED) is 0.804. The van der Waals surface area contributed by atoms with Crippen LogP contribution in [0.25, 0.3) is 0 Å². The van der Waals surface area contributed by atoms with Gasteiger partial charge in [-0.05, 0) is 30.3 Å². The molecule has 0 saturated carbocycles. The third-order valence-corrected chi connectivity index (χ3v) is 4.64. The minimum Gasteiger partial charge on any atom is -0.496 e. The van der Waals surface area contributed by atoms with Crippen LogP contribution in [0.3, 0.4) is 0 Å². The molecule has 1 heterocycles. The summed E-state index contributed by atoms with van der Waals surface area (Å²) in [6, 6.07) is 14.5. The lowest BCUT2D eigenvalue weighted by molar-refractivity contribution is -0.126. The zero-order valence-electron chi connectivity index (χ0n) is 15.9. The summed E-state index contributed by atoms with van der Waals surface area (Å²) in [6.07, 6.45) is 0.172. The van der Waals surface area contributed by atoms with Gasteiger partial charge in [0.25, 0.3) is 0 Å². The topological polar surface area (TPSA) is 87.7 Å². The predicted molar refractivity (Wildman–Crippen MR) is 106 cm³/mol. The van der Waals surface area contributed by atoms with E-state index in [4.69, 9.17) is 4.74 Å². The first-order valence-electron chi connectivity index (χ1n) is 9.05. The van der Waals surface area contributed by atoms with E-state index in [0.717, 1.165) is 5.56 Å². The van der Waals surface area contributed by atoms with E-state index >= 15 is 0 Å². The number of hydrogen-bond acceptors (Lipinski definition) is 4. The van der Waals surface area contributed by atoms with Gasteiger partial charge in [0.1, 0.15) is 5.75 Å². The molecule has 0 aliphatic carbocycles. The van der Waals surface area contributed by atoms with Gasteiger partial charge in [-0.25, -0.2) is 0 Å². The van der Waals surface area contributed by atoms with Crippen LogP contribution in [0.2, 0.25) is 0 Å². The molecule has 2 aromatic rings. The second kappa shape index (κ2) is 8.56. The lowest BCUT2D eigenvalue weighted by atomic mass is 10.1. The van der Waals surface area contributed by atoms with Crippen molar-refractivity contribution in [2.75, 3.05) is 23.9 Å². The maximum atomic E-state index is 12.5. The zero-order valence-corrected chi connectivity index (χ0v) is 15.9. The van der Waals surface area contributed by atoms with Crippen LogP contribution in [0.5, 0.6) is 5.75 Å². The highest BCUT2D eigenvalue weighted by molar-refractivity contribution is 6.00. The van der Waals surface area contributed by atoms with Crippen LogP contribution in [0.15, 0.2) is 48.5 Å². The van der Waals surface area contributed by atoms with Crippen LogP contribution in [0.4, 0.5) is 11.4 Å². The maximum absolute atomic E-state index is 12.5. The van der Waals surface area contributed by atoms with Crippen molar-refractivity contribution in [1.82, 2.24) is 5.32 Å². The van der Waals surface area contributed by atoms with Gasteiger partial charge in [0.2, 0.25) is 17.7 Å². The Hall–Kier alpha value is -3.35. The van der Waals surface area contributed by atoms with E-state index < -0.39 is 5.92 Å². The fraction of sp³-hybridized carbons (Fsp3) is 0.286. The van der Waals surface area contributed by atoms with Crippen LogP contribution in [0, 0.1) is 5.92 Å². The second-order valence-electron chi connectivity index (χ2n) is 6.66. The normalized spacial score (nSPS) is 16.0. The van der Waals surface area contributed by atoms with E-state index in [-0.39, 0.29) is 24.1 Å². The van der Waals surface area contributed by atoms with Crippen molar-refractivity contribution in [2.45, 2.75) is 19.9 Å². The van der Waals surface area contributed by atoms with Crippen molar-refractivity contribution in [3.8, 4) is 5.75 Å². The van der Waals surface area contributed by atoms with Gasteiger partial charge in [-0.3, -0.25) is 14.4 Å². The Morgan fingerprint density at radius 1 is 1.14 bits per heavy atom. The number of hydrogen-bond donors (Lipinski definition) is 2. The van der Waals surface area contributed by atoms with Gasteiger partial charge >= 0.3 is 0 Å². The molecule has 0 spiro atoms. The van der Waals surface area contributed by atoms with Crippen LogP contribution < -0.4 is 20.3 Å². The largest absolute Gasteiger partial charge is 0.496 e. The van der Waals surface area contributed by atoms with Gasteiger partial charge in [0.05, 0.1) is 13.0 Å². The van der Waals surface area contributed by atoms with Crippen molar-refractivity contribution in [3.05, 3.63) is 54.1 Å². The molecule has 0 aromatic heterocycles. The van der Waals surface area contributed by atoms with Gasteiger partial charge in [-0.1, -0.05) is 18.2 Å². The van der Waals surface area contributed by atoms with Crippen molar-refractivity contribution in [2.24, 2.45) is 5.92 Å². The average molecular weight is 381 g/mol. The van der Waals surface area contributed by atoms with Gasteiger partial charge < -0.3 is 20.3 Å². The standard InChI is InChI=1S/C21H23N3O4/c1-14(25)23-17-7-9-18(10-8-17)24-13-16(11-20(24)26)21(27)22-12-15-5-3-4-6-19(15)28-2/h3-10,16H,11-13H2,1-2H3,(H,22,27)(H,23,25). The minimum atomic E-state index is -0.405. The lowest BCUT2D eigenvalue weighted by Crippen LogP contribution is -2.32. The van der Waals surface area contributed by atoms with Gasteiger partial charge in [0, 0.05) is 43.4 Å². The summed E-state index contributed by atoms with van der Waals surface area (Å²) in [5.74, 6) is -0.0958. The first-order chi connectivity index (χ1) is 13.5. The monoisotopic (exact) mass is 381 g/mol. The van der Waals surface area contributed by atoms with Crippen molar-refractivity contribution < 1.29 is 19.1 Å². The van der Waals surface area contributed by atoms with Crippen molar-refractivity contribution in [3.63, 3.8) is 0 Å². The number of methoxy groups -OCH3 is 1. The Bertz CT molecular complexity index is 879. The summed E-state index contributed by atoms with van der Waals surface area (Å²) in [4.78, 5) is 37.6. The molecule has 1 aliphatic heterocycles. The van der Waals surface area contributed by atoms with Crippen LogP contribution in [0.1, 0.15) is 18.9 Å². The maximum Gasteiger partial charge on any atom is 0.227 e. The Balaban J connectivity index is 1.60. The Morgan fingerprint density at radius 2 is 1.86 bits per heavy atom. The molecular formula is C21H23N3O4. The van der Waals surface area contributed by atoms with Crippen LogP contribution in [-0.4, -0.2) is 31.4 Å². The summed E-state index contributed by atoms with van der Waals surface area (Å²) in [5, 5.41) is 5.58. The van der Waals surface area contributed by atoms with Crippen molar-refractivity contribution in [1.29, 1.82) is 0 Å². The highest BCUT2D eigenvalue weighted by atomic mass is 16.5. The molecule has 146 valence electrons. The fourth-order valence-corrected chi connectivity index (χ4v) is 3.24. The number of carbonyl (C=O) groups is 3. The summed E-state index contributed by atoms with van der Waals surface area (Å²) in [7, 11) is 1.59. The third kappa shape index (κ3) is 4.49.